The molecule has 0 fully saturated rings. The Labute approximate surface area is 188 Å². The lowest BCUT2D eigenvalue weighted by Crippen LogP contribution is -2.05. The number of aryl methyl sites for hydroxylation is 1. The Balaban J connectivity index is 1.83. The van der Waals surface area contributed by atoms with Crippen LogP contribution in [0.5, 0.6) is 11.5 Å². The molecule has 0 bridgehead atoms. The second-order valence-electron chi connectivity index (χ2n) is 7.01. The molecule has 30 heavy (non-hydrogen) atoms. The van der Waals surface area contributed by atoms with Gasteiger partial charge in [-0.3, -0.25) is 0 Å². The highest BCUT2D eigenvalue weighted by Gasteiger charge is 2.13. The third-order valence-corrected chi connectivity index (χ3v) is 5.20. The van der Waals surface area contributed by atoms with Gasteiger partial charge in [-0.15, -0.1) is 6.58 Å². The normalized spacial score (nSPS) is 10.5. The van der Waals surface area contributed by atoms with E-state index in [1.807, 2.05) is 54.6 Å². The zero-order valence-corrected chi connectivity index (χ0v) is 18.7. The molecule has 0 saturated heterocycles. The third kappa shape index (κ3) is 5.71. The van der Waals surface area contributed by atoms with Crippen LogP contribution in [0.4, 0.5) is 5.69 Å². The number of halogens is 2. The van der Waals surface area contributed by atoms with Crippen molar-refractivity contribution in [3.63, 3.8) is 0 Å². The molecule has 0 radical (unpaired) electrons. The van der Waals surface area contributed by atoms with Gasteiger partial charge in [0.25, 0.3) is 0 Å². The number of allylic oxidation sites excluding steroid dienone is 1. The lowest BCUT2D eigenvalue weighted by Gasteiger charge is -2.18. The Morgan fingerprint density at radius 3 is 2.53 bits per heavy atom. The lowest BCUT2D eigenvalue weighted by molar-refractivity contribution is 0.281. The van der Waals surface area contributed by atoms with Crippen molar-refractivity contribution in [2.24, 2.45) is 0 Å². The second kappa shape index (κ2) is 10.4. The quantitative estimate of drug-likeness (QED) is 0.355. The average Bonchev–Trinajstić information content (AvgIpc) is 2.73. The Morgan fingerprint density at radius 1 is 1.00 bits per heavy atom. The van der Waals surface area contributed by atoms with E-state index >= 15 is 0 Å². The minimum Gasteiger partial charge on any atom is -0.493 e. The van der Waals surface area contributed by atoms with Crippen molar-refractivity contribution < 1.29 is 9.47 Å². The summed E-state index contributed by atoms with van der Waals surface area (Å²) in [6, 6.07) is 17.6. The van der Waals surface area contributed by atoms with Gasteiger partial charge in [-0.2, -0.15) is 0 Å². The molecule has 0 aliphatic heterocycles. The maximum atomic E-state index is 6.14. The predicted molar refractivity (Wildman–Crippen MR) is 126 cm³/mol. The number of hydrogen-bond acceptors (Lipinski definition) is 3. The first-order valence-electron chi connectivity index (χ1n) is 9.68. The van der Waals surface area contributed by atoms with E-state index in [0.717, 1.165) is 33.7 Å². The number of hydrogen-bond donors (Lipinski definition) is 1. The molecule has 3 rings (SSSR count). The molecular formula is C25H25Cl2NO2. The van der Waals surface area contributed by atoms with Crippen LogP contribution in [-0.2, 0) is 19.6 Å². The molecule has 1 N–H and O–H groups in total. The molecule has 0 aliphatic carbocycles. The SMILES string of the molecule is C=CCc1cc(CNc2cc(Cl)ccc2C)cc(OC)c1OCc1cccc(Cl)c1. The first kappa shape index (κ1) is 22.1. The van der Waals surface area contributed by atoms with E-state index in [1.54, 1.807) is 7.11 Å². The van der Waals surface area contributed by atoms with Gasteiger partial charge < -0.3 is 14.8 Å². The van der Waals surface area contributed by atoms with Gasteiger partial charge >= 0.3 is 0 Å². The smallest absolute Gasteiger partial charge is 0.165 e. The molecule has 0 unspecified atom stereocenters. The van der Waals surface area contributed by atoms with E-state index in [2.05, 4.69) is 24.9 Å². The maximum Gasteiger partial charge on any atom is 0.165 e. The summed E-state index contributed by atoms with van der Waals surface area (Å²) in [5.74, 6) is 1.41. The first-order chi connectivity index (χ1) is 14.5. The monoisotopic (exact) mass is 441 g/mol. The zero-order chi connectivity index (χ0) is 21.5. The predicted octanol–water partition coefficient (Wildman–Crippen LogP) is 7.23. The molecule has 3 aromatic rings. The highest BCUT2D eigenvalue weighted by atomic mass is 35.5. The second-order valence-corrected chi connectivity index (χ2v) is 7.88. The first-order valence-corrected chi connectivity index (χ1v) is 10.4. The summed E-state index contributed by atoms with van der Waals surface area (Å²) in [5, 5.41) is 4.85. The van der Waals surface area contributed by atoms with Gasteiger partial charge in [-0.05, 0) is 66.4 Å². The summed E-state index contributed by atoms with van der Waals surface area (Å²) in [6.07, 6.45) is 2.53. The number of ether oxygens (including phenoxy) is 2. The van der Waals surface area contributed by atoms with Crippen LogP contribution in [0.15, 0.2) is 67.3 Å². The van der Waals surface area contributed by atoms with Crippen molar-refractivity contribution in [3.8, 4) is 11.5 Å². The van der Waals surface area contributed by atoms with Crippen LogP contribution in [0.1, 0.15) is 22.3 Å². The lowest BCUT2D eigenvalue weighted by atomic mass is 10.0. The Morgan fingerprint density at radius 2 is 1.80 bits per heavy atom. The molecule has 0 aromatic heterocycles. The molecule has 5 heteroatoms. The number of benzene rings is 3. The highest BCUT2D eigenvalue weighted by Crippen LogP contribution is 2.35. The largest absolute Gasteiger partial charge is 0.493 e. The van der Waals surface area contributed by atoms with Crippen molar-refractivity contribution in [3.05, 3.63) is 99.6 Å². The number of anilines is 1. The fourth-order valence-electron chi connectivity index (χ4n) is 3.21. The van der Waals surface area contributed by atoms with Gasteiger partial charge in [0.05, 0.1) is 7.11 Å². The summed E-state index contributed by atoms with van der Waals surface area (Å²) in [6.45, 7) is 6.97. The van der Waals surface area contributed by atoms with E-state index in [9.17, 15) is 0 Å². The molecule has 0 spiro atoms. The summed E-state index contributed by atoms with van der Waals surface area (Å²) >= 11 is 12.2. The highest BCUT2D eigenvalue weighted by molar-refractivity contribution is 6.31. The summed E-state index contributed by atoms with van der Waals surface area (Å²) in [5.41, 5.74) is 5.24. The molecule has 0 amide bonds. The standard InChI is InChI=1S/C25H25Cl2NO2/c1-4-6-20-11-19(15-28-23-14-22(27)10-9-17(23)2)13-24(29-3)25(20)30-16-18-7-5-8-21(26)12-18/h4-5,7-14,28H,1,6,15-16H2,2-3H3. The van der Waals surface area contributed by atoms with Crippen LogP contribution in [0.25, 0.3) is 0 Å². The van der Waals surface area contributed by atoms with Crippen molar-refractivity contribution in [1.29, 1.82) is 0 Å². The van der Waals surface area contributed by atoms with Gasteiger partial charge in [0, 0.05) is 27.8 Å². The van der Waals surface area contributed by atoms with E-state index in [4.69, 9.17) is 32.7 Å². The van der Waals surface area contributed by atoms with E-state index in [-0.39, 0.29) is 0 Å². The van der Waals surface area contributed by atoms with E-state index in [0.29, 0.717) is 35.4 Å². The Bertz CT molecular complexity index is 1030. The molecule has 156 valence electrons. The van der Waals surface area contributed by atoms with Crippen molar-refractivity contribution >= 4 is 28.9 Å². The molecule has 3 nitrogen and oxygen atoms in total. The molecule has 0 aliphatic rings. The minimum absolute atomic E-state index is 0.403. The van der Waals surface area contributed by atoms with Crippen LogP contribution in [0.2, 0.25) is 10.0 Å². The van der Waals surface area contributed by atoms with Gasteiger partial charge in [-0.25, -0.2) is 0 Å². The van der Waals surface area contributed by atoms with Crippen LogP contribution in [0, 0.1) is 6.92 Å². The van der Waals surface area contributed by atoms with Crippen molar-refractivity contribution in [1.82, 2.24) is 0 Å². The Hall–Kier alpha value is -2.62. The average molecular weight is 442 g/mol. The van der Waals surface area contributed by atoms with E-state index < -0.39 is 0 Å². The minimum atomic E-state index is 0.403. The Kier molecular flexibility index (Phi) is 7.67. The van der Waals surface area contributed by atoms with Gasteiger partial charge in [0.1, 0.15) is 6.61 Å². The summed E-state index contributed by atoms with van der Waals surface area (Å²) in [7, 11) is 1.65. The third-order valence-electron chi connectivity index (χ3n) is 4.73. The molecule has 0 atom stereocenters. The van der Waals surface area contributed by atoms with Crippen LogP contribution >= 0.6 is 23.2 Å². The fourth-order valence-corrected chi connectivity index (χ4v) is 3.60. The molecule has 0 heterocycles. The fraction of sp³-hybridized carbons (Fsp3) is 0.200. The number of methoxy groups -OCH3 is 1. The zero-order valence-electron chi connectivity index (χ0n) is 17.2. The molecular weight excluding hydrogens is 417 g/mol. The molecule has 3 aromatic carbocycles. The summed E-state index contributed by atoms with van der Waals surface area (Å²) in [4.78, 5) is 0. The van der Waals surface area contributed by atoms with Crippen LogP contribution < -0.4 is 14.8 Å². The van der Waals surface area contributed by atoms with Crippen molar-refractivity contribution in [2.75, 3.05) is 12.4 Å². The number of nitrogens with one attached hydrogen (secondary N) is 1. The van der Waals surface area contributed by atoms with Crippen LogP contribution in [0.3, 0.4) is 0 Å². The topological polar surface area (TPSA) is 30.5 Å². The van der Waals surface area contributed by atoms with Gasteiger partial charge in [0.15, 0.2) is 11.5 Å². The van der Waals surface area contributed by atoms with Gasteiger partial charge in [-0.1, -0.05) is 47.5 Å². The van der Waals surface area contributed by atoms with Crippen molar-refractivity contribution in [2.45, 2.75) is 26.5 Å². The number of rotatable bonds is 9. The van der Waals surface area contributed by atoms with Crippen LogP contribution in [-0.4, -0.2) is 7.11 Å². The molecule has 0 saturated carbocycles. The maximum absolute atomic E-state index is 6.14. The van der Waals surface area contributed by atoms with Gasteiger partial charge in [0.2, 0.25) is 0 Å². The van der Waals surface area contributed by atoms with E-state index in [1.165, 1.54) is 0 Å². The summed E-state index contributed by atoms with van der Waals surface area (Å²) < 4.78 is 11.8.